The van der Waals surface area contributed by atoms with Gasteiger partial charge in [0.1, 0.15) is 0 Å². The highest BCUT2D eigenvalue weighted by Gasteiger charge is 2.39. The number of nitrogens with zero attached hydrogens (tertiary/aromatic N) is 2. The number of hydrogen-bond acceptors (Lipinski definition) is 2. The molecule has 3 fully saturated rings. The molecular weight excluding hydrogens is 190 g/mol. The van der Waals surface area contributed by atoms with Crippen LogP contribution in [0.3, 0.4) is 0 Å². The van der Waals surface area contributed by atoms with Crippen LogP contribution < -0.4 is 5.32 Å². The van der Waals surface area contributed by atoms with Crippen LogP contribution in [-0.4, -0.2) is 54.6 Å². The van der Waals surface area contributed by atoms with E-state index < -0.39 is 0 Å². The highest BCUT2D eigenvalue weighted by molar-refractivity contribution is 5.77. The summed E-state index contributed by atoms with van der Waals surface area (Å²) in [5.74, 6) is 0.688. The van der Waals surface area contributed by atoms with Crippen molar-refractivity contribution in [2.24, 2.45) is 5.92 Å². The molecule has 1 unspecified atom stereocenters. The van der Waals surface area contributed by atoms with Gasteiger partial charge in [-0.05, 0) is 38.3 Å². The number of amides is 2. The van der Waals surface area contributed by atoms with Crippen molar-refractivity contribution < 1.29 is 4.79 Å². The maximum absolute atomic E-state index is 12.0. The van der Waals surface area contributed by atoms with Gasteiger partial charge in [-0.2, -0.15) is 0 Å². The molecule has 1 aliphatic carbocycles. The van der Waals surface area contributed by atoms with Crippen LogP contribution in [0, 0.1) is 5.92 Å². The molecule has 0 aromatic heterocycles. The highest BCUT2D eigenvalue weighted by atomic mass is 16.2. The Balaban J connectivity index is 1.55. The summed E-state index contributed by atoms with van der Waals surface area (Å²) in [6.45, 7) is 5.09. The van der Waals surface area contributed by atoms with Crippen LogP contribution in [0.15, 0.2) is 0 Å². The predicted molar refractivity (Wildman–Crippen MR) is 57.7 cm³/mol. The number of nitrogens with one attached hydrogen (secondary N) is 1. The van der Waals surface area contributed by atoms with Gasteiger partial charge in [-0.1, -0.05) is 0 Å². The molecule has 1 N–H and O–H groups in total. The van der Waals surface area contributed by atoms with Crippen molar-refractivity contribution in [3.8, 4) is 0 Å². The SMILES string of the molecule is O=C1N(CC2CCNC2)CCN1C1CC1. The van der Waals surface area contributed by atoms with E-state index in [1.54, 1.807) is 0 Å². The number of carbonyl (C=O) groups excluding carboxylic acids is 1. The molecule has 2 heterocycles. The lowest BCUT2D eigenvalue weighted by Crippen LogP contribution is -2.36. The molecule has 1 atom stereocenters. The second-order valence-electron chi connectivity index (χ2n) is 5.01. The quantitative estimate of drug-likeness (QED) is 0.734. The van der Waals surface area contributed by atoms with Crippen LogP contribution in [0.2, 0.25) is 0 Å². The molecule has 2 aliphatic heterocycles. The van der Waals surface area contributed by atoms with Gasteiger partial charge in [-0.3, -0.25) is 0 Å². The van der Waals surface area contributed by atoms with Crippen LogP contribution in [0.1, 0.15) is 19.3 Å². The Hall–Kier alpha value is -0.770. The molecule has 0 bridgehead atoms. The number of hydrogen-bond donors (Lipinski definition) is 1. The summed E-state index contributed by atoms with van der Waals surface area (Å²) in [5, 5.41) is 3.36. The maximum atomic E-state index is 12.0. The Kier molecular flexibility index (Phi) is 2.31. The lowest BCUT2D eigenvalue weighted by Gasteiger charge is -2.20. The molecule has 4 heteroatoms. The lowest BCUT2D eigenvalue weighted by atomic mass is 10.1. The fourth-order valence-electron chi connectivity index (χ4n) is 2.68. The maximum Gasteiger partial charge on any atom is 0.320 e. The Labute approximate surface area is 90.6 Å². The molecule has 1 saturated carbocycles. The average molecular weight is 209 g/mol. The van der Waals surface area contributed by atoms with Gasteiger partial charge < -0.3 is 15.1 Å². The Bertz CT molecular complexity index is 259. The molecule has 4 nitrogen and oxygen atoms in total. The van der Waals surface area contributed by atoms with Gasteiger partial charge in [0.05, 0.1) is 0 Å². The van der Waals surface area contributed by atoms with Crippen molar-refractivity contribution in [2.45, 2.75) is 25.3 Å². The van der Waals surface area contributed by atoms with E-state index in [-0.39, 0.29) is 0 Å². The minimum absolute atomic E-state index is 0.296. The van der Waals surface area contributed by atoms with Crippen LogP contribution in [0.5, 0.6) is 0 Å². The zero-order chi connectivity index (χ0) is 10.3. The van der Waals surface area contributed by atoms with Gasteiger partial charge in [0, 0.05) is 25.7 Å². The molecule has 0 radical (unpaired) electrons. The molecule has 2 amide bonds. The normalized spacial score (nSPS) is 31.7. The van der Waals surface area contributed by atoms with E-state index in [4.69, 9.17) is 0 Å². The second kappa shape index (κ2) is 3.67. The van der Waals surface area contributed by atoms with Gasteiger partial charge >= 0.3 is 6.03 Å². The first-order chi connectivity index (χ1) is 7.34. The second-order valence-corrected chi connectivity index (χ2v) is 5.01. The zero-order valence-corrected chi connectivity index (χ0v) is 9.11. The molecule has 0 aromatic carbocycles. The molecule has 0 spiro atoms. The summed E-state index contributed by atoms with van der Waals surface area (Å²) < 4.78 is 0. The predicted octanol–water partition coefficient (Wildman–Crippen LogP) is 0.496. The first-order valence-corrected chi connectivity index (χ1v) is 6.11. The molecule has 84 valence electrons. The van der Waals surface area contributed by atoms with E-state index in [0.717, 1.165) is 32.7 Å². The molecule has 2 saturated heterocycles. The first kappa shape index (κ1) is 9.46. The monoisotopic (exact) mass is 209 g/mol. The summed E-state index contributed by atoms with van der Waals surface area (Å²) in [6.07, 6.45) is 3.68. The fraction of sp³-hybridized carbons (Fsp3) is 0.909. The largest absolute Gasteiger partial charge is 0.323 e. The number of urea groups is 1. The lowest BCUT2D eigenvalue weighted by molar-refractivity contribution is 0.185. The van der Waals surface area contributed by atoms with Crippen LogP contribution in [0.25, 0.3) is 0 Å². The standard InChI is InChI=1S/C11H19N3O/c15-11-13(8-9-3-4-12-7-9)5-6-14(11)10-1-2-10/h9-10,12H,1-8H2. The number of rotatable bonds is 3. The fourth-order valence-corrected chi connectivity index (χ4v) is 2.68. The van der Waals surface area contributed by atoms with E-state index in [9.17, 15) is 4.79 Å². The van der Waals surface area contributed by atoms with Crippen LogP contribution >= 0.6 is 0 Å². The van der Waals surface area contributed by atoms with Gasteiger partial charge in [0.15, 0.2) is 0 Å². The minimum atomic E-state index is 0.296. The number of carbonyl (C=O) groups is 1. The average Bonchev–Trinajstić information content (AvgIpc) is 2.83. The summed E-state index contributed by atoms with van der Waals surface area (Å²) in [5.41, 5.74) is 0. The third kappa shape index (κ3) is 1.83. The van der Waals surface area contributed by atoms with Crippen molar-refractivity contribution in [3.63, 3.8) is 0 Å². The van der Waals surface area contributed by atoms with Gasteiger partial charge in [-0.25, -0.2) is 4.79 Å². The molecular formula is C11H19N3O. The Morgan fingerprint density at radius 2 is 2.13 bits per heavy atom. The molecule has 3 rings (SSSR count). The molecule has 15 heavy (non-hydrogen) atoms. The van der Waals surface area contributed by atoms with Crippen molar-refractivity contribution in [1.82, 2.24) is 15.1 Å². The van der Waals surface area contributed by atoms with Crippen LogP contribution in [-0.2, 0) is 0 Å². The smallest absolute Gasteiger partial charge is 0.320 e. The molecule has 3 aliphatic rings. The van der Waals surface area contributed by atoms with Gasteiger partial charge in [-0.15, -0.1) is 0 Å². The third-order valence-corrected chi connectivity index (χ3v) is 3.76. The van der Waals surface area contributed by atoms with Crippen molar-refractivity contribution in [3.05, 3.63) is 0 Å². The first-order valence-electron chi connectivity index (χ1n) is 6.11. The van der Waals surface area contributed by atoms with Crippen LogP contribution in [0.4, 0.5) is 4.79 Å². The Morgan fingerprint density at radius 1 is 1.27 bits per heavy atom. The summed E-state index contributed by atoms with van der Waals surface area (Å²) in [4.78, 5) is 16.1. The van der Waals surface area contributed by atoms with E-state index >= 15 is 0 Å². The van der Waals surface area contributed by atoms with E-state index in [2.05, 4.69) is 15.1 Å². The Morgan fingerprint density at radius 3 is 2.80 bits per heavy atom. The van der Waals surface area contributed by atoms with E-state index in [1.807, 2.05) is 0 Å². The molecule has 0 aromatic rings. The minimum Gasteiger partial charge on any atom is -0.323 e. The van der Waals surface area contributed by atoms with Crippen molar-refractivity contribution >= 4 is 6.03 Å². The summed E-state index contributed by atoms with van der Waals surface area (Å²) >= 11 is 0. The summed E-state index contributed by atoms with van der Waals surface area (Å²) in [7, 11) is 0. The van der Waals surface area contributed by atoms with E-state index in [1.165, 1.54) is 19.3 Å². The topological polar surface area (TPSA) is 35.6 Å². The van der Waals surface area contributed by atoms with E-state index in [0.29, 0.717) is 18.0 Å². The zero-order valence-electron chi connectivity index (χ0n) is 9.11. The highest BCUT2D eigenvalue weighted by Crippen LogP contribution is 2.30. The third-order valence-electron chi connectivity index (χ3n) is 3.76. The van der Waals surface area contributed by atoms with Crippen molar-refractivity contribution in [2.75, 3.05) is 32.7 Å². The summed E-state index contributed by atoms with van der Waals surface area (Å²) in [6, 6.07) is 0.883. The van der Waals surface area contributed by atoms with Gasteiger partial charge in [0.25, 0.3) is 0 Å². The van der Waals surface area contributed by atoms with Crippen molar-refractivity contribution in [1.29, 1.82) is 0 Å². The van der Waals surface area contributed by atoms with Gasteiger partial charge in [0.2, 0.25) is 0 Å².